The zero-order valence-electron chi connectivity index (χ0n) is 14.3. The minimum Gasteiger partial charge on any atom is -0.424 e. The van der Waals surface area contributed by atoms with Crippen molar-refractivity contribution in [2.45, 2.75) is 44.5 Å². The number of thioether (sulfide) groups is 1. The highest BCUT2D eigenvalue weighted by atomic mass is 32.2. The maximum Gasteiger partial charge on any atom is 0.229 e. The standard InChI is InChI=1S/C17H21N5OS/c1-10(2)9-14-19-21-16(23-14)12(4)24-17-18-15(20-22-17)13-7-5-11(3)6-8-13/h5-8,10,12H,9H2,1-4H3,(H,18,20,22)/t12-/m0/s1. The zero-order chi connectivity index (χ0) is 17.1. The molecule has 1 atom stereocenters. The van der Waals surface area contributed by atoms with Crippen LogP contribution >= 0.6 is 11.8 Å². The summed E-state index contributed by atoms with van der Waals surface area (Å²) in [7, 11) is 0. The van der Waals surface area contributed by atoms with E-state index in [4.69, 9.17) is 4.42 Å². The van der Waals surface area contributed by atoms with E-state index in [1.807, 2.05) is 19.1 Å². The number of nitrogens with one attached hydrogen (secondary N) is 1. The molecule has 0 saturated carbocycles. The highest BCUT2D eigenvalue weighted by molar-refractivity contribution is 7.99. The molecule has 3 rings (SSSR count). The number of aromatic nitrogens is 5. The third kappa shape index (κ3) is 4.03. The Morgan fingerprint density at radius 3 is 2.58 bits per heavy atom. The highest BCUT2D eigenvalue weighted by Gasteiger charge is 2.18. The second kappa shape index (κ2) is 7.17. The predicted molar refractivity (Wildman–Crippen MR) is 93.7 cm³/mol. The summed E-state index contributed by atoms with van der Waals surface area (Å²) in [6, 6.07) is 8.18. The number of H-pyrrole nitrogens is 1. The lowest BCUT2D eigenvalue weighted by Crippen LogP contribution is -1.93. The van der Waals surface area contributed by atoms with E-state index in [1.165, 1.54) is 17.3 Å². The van der Waals surface area contributed by atoms with Crippen LogP contribution in [0.15, 0.2) is 33.8 Å². The van der Waals surface area contributed by atoms with Crippen LogP contribution in [0.5, 0.6) is 0 Å². The van der Waals surface area contributed by atoms with Gasteiger partial charge >= 0.3 is 0 Å². The van der Waals surface area contributed by atoms with Gasteiger partial charge in [0.15, 0.2) is 5.82 Å². The van der Waals surface area contributed by atoms with E-state index in [0.717, 1.165) is 17.8 Å². The molecule has 0 unspecified atom stereocenters. The van der Waals surface area contributed by atoms with Crippen molar-refractivity contribution in [3.05, 3.63) is 41.6 Å². The average molecular weight is 343 g/mol. The summed E-state index contributed by atoms with van der Waals surface area (Å²) >= 11 is 1.50. The van der Waals surface area contributed by atoms with Gasteiger partial charge in [-0.25, -0.2) is 4.98 Å². The Labute approximate surface area is 145 Å². The molecule has 3 aromatic rings. The van der Waals surface area contributed by atoms with Gasteiger partial charge in [0, 0.05) is 12.0 Å². The molecule has 1 N–H and O–H groups in total. The van der Waals surface area contributed by atoms with Crippen LogP contribution < -0.4 is 0 Å². The fourth-order valence-corrected chi connectivity index (χ4v) is 2.97. The molecule has 0 amide bonds. The molecular formula is C17H21N5OS. The Morgan fingerprint density at radius 2 is 1.88 bits per heavy atom. The van der Waals surface area contributed by atoms with E-state index < -0.39 is 0 Å². The maximum absolute atomic E-state index is 5.72. The summed E-state index contributed by atoms with van der Waals surface area (Å²) in [6.07, 6.45) is 0.794. The second-order valence-corrected chi connectivity index (χ2v) is 7.53. The second-order valence-electron chi connectivity index (χ2n) is 6.22. The Balaban J connectivity index is 1.67. The topological polar surface area (TPSA) is 80.5 Å². The average Bonchev–Trinajstić information content (AvgIpc) is 3.17. The van der Waals surface area contributed by atoms with Crippen molar-refractivity contribution in [2.75, 3.05) is 0 Å². The van der Waals surface area contributed by atoms with E-state index in [0.29, 0.717) is 22.9 Å². The van der Waals surface area contributed by atoms with Crippen molar-refractivity contribution < 1.29 is 4.42 Å². The maximum atomic E-state index is 5.72. The molecule has 1 aromatic carbocycles. The summed E-state index contributed by atoms with van der Waals surface area (Å²) in [4.78, 5) is 4.54. The molecule has 0 aliphatic rings. The summed E-state index contributed by atoms with van der Waals surface area (Å²) in [5.41, 5.74) is 2.24. The molecular weight excluding hydrogens is 322 g/mol. The number of benzene rings is 1. The van der Waals surface area contributed by atoms with Crippen LogP contribution in [-0.2, 0) is 6.42 Å². The van der Waals surface area contributed by atoms with E-state index >= 15 is 0 Å². The first-order valence-electron chi connectivity index (χ1n) is 7.99. The van der Waals surface area contributed by atoms with Gasteiger partial charge in [-0.3, -0.25) is 5.10 Å². The van der Waals surface area contributed by atoms with Crippen LogP contribution in [0.25, 0.3) is 11.4 Å². The molecule has 0 spiro atoms. The van der Waals surface area contributed by atoms with Crippen molar-refractivity contribution in [3.8, 4) is 11.4 Å². The molecule has 0 aliphatic heterocycles. The summed E-state index contributed by atoms with van der Waals surface area (Å²) < 4.78 is 5.72. The number of hydrogen-bond donors (Lipinski definition) is 1. The molecule has 0 saturated heterocycles. The van der Waals surface area contributed by atoms with Gasteiger partial charge in [-0.1, -0.05) is 55.4 Å². The van der Waals surface area contributed by atoms with Gasteiger partial charge in [0.05, 0.1) is 5.25 Å². The largest absolute Gasteiger partial charge is 0.424 e. The Kier molecular flexibility index (Phi) is 4.99. The van der Waals surface area contributed by atoms with Crippen molar-refractivity contribution >= 4 is 11.8 Å². The van der Waals surface area contributed by atoms with E-state index in [-0.39, 0.29) is 5.25 Å². The Hall–Kier alpha value is -2.15. The molecule has 6 nitrogen and oxygen atoms in total. The molecule has 126 valence electrons. The highest BCUT2D eigenvalue weighted by Crippen LogP contribution is 2.32. The molecule has 2 aromatic heterocycles. The molecule has 0 aliphatic carbocycles. The van der Waals surface area contributed by atoms with E-state index in [2.05, 4.69) is 58.3 Å². The van der Waals surface area contributed by atoms with Crippen LogP contribution in [-0.4, -0.2) is 25.4 Å². The first-order chi connectivity index (χ1) is 11.5. The summed E-state index contributed by atoms with van der Waals surface area (Å²) in [6.45, 7) is 8.33. The van der Waals surface area contributed by atoms with Crippen LogP contribution in [0.2, 0.25) is 0 Å². The quantitative estimate of drug-likeness (QED) is 0.675. The van der Waals surface area contributed by atoms with Crippen molar-refractivity contribution in [2.24, 2.45) is 5.92 Å². The number of aromatic amines is 1. The zero-order valence-corrected chi connectivity index (χ0v) is 15.1. The van der Waals surface area contributed by atoms with Gasteiger partial charge in [0.25, 0.3) is 0 Å². The summed E-state index contributed by atoms with van der Waals surface area (Å²) in [5.74, 6) is 2.54. The first-order valence-corrected chi connectivity index (χ1v) is 8.87. The van der Waals surface area contributed by atoms with E-state index in [9.17, 15) is 0 Å². The lowest BCUT2D eigenvalue weighted by Gasteiger charge is -2.02. The summed E-state index contributed by atoms with van der Waals surface area (Å²) in [5, 5.41) is 16.2. The van der Waals surface area contributed by atoms with Gasteiger partial charge in [0.1, 0.15) is 0 Å². The lowest BCUT2D eigenvalue weighted by molar-refractivity contribution is 0.426. The van der Waals surface area contributed by atoms with Gasteiger partial charge in [-0.15, -0.1) is 15.3 Å². The number of nitrogens with zero attached hydrogens (tertiary/aromatic N) is 4. The third-order valence-corrected chi connectivity index (χ3v) is 4.43. The molecule has 24 heavy (non-hydrogen) atoms. The van der Waals surface area contributed by atoms with Gasteiger partial charge < -0.3 is 4.42 Å². The first kappa shape index (κ1) is 16.7. The van der Waals surface area contributed by atoms with Crippen molar-refractivity contribution in [3.63, 3.8) is 0 Å². The van der Waals surface area contributed by atoms with Crippen LogP contribution in [0.4, 0.5) is 0 Å². The van der Waals surface area contributed by atoms with Gasteiger partial charge in [-0.05, 0) is 19.8 Å². The predicted octanol–water partition coefficient (Wildman–Crippen LogP) is 4.21. The fraction of sp³-hybridized carbons (Fsp3) is 0.412. The monoisotopic (exact) mass is 343 g/mol. The third-order valence-electron chi connectivity index (χ3n) is 3.49. The number of aryl methyl sites for hydroxylation is 1. The van der Waals surface area contributed by atoms with Crippen LogP contribution in [0.3, 0.4) is 0 Å². The van der Waals surface area contributed by atoms with Gasteiger partial charge in [0.2, 0.25) is 16.9 Å². The smallest absolute Gasteiger partial charge is 0.229 e. The normalized spacial score (nSPS) is 12.7. The SMILES string of the molecule is Cc1ccc(-c2nc(S[C@@H](C)c3nnc(CC(C)C)o3)n[nH]2)cc1. The Bertz CT molecular complexity index is 793. The van der Waals surface area contributed by atoms with Gasteiger partial charge in [-0.2, -0.15) is 0 Å². The van der Waals surface area contributed by atoms with Crippen molar-refractivity contribution in [1.29, 1.82) is 0 Å². The number of rotatable bonds is 6. The molecule has 7 heteroatoms. The van der Waals surface area contributed by atoms with Crippen molar-refractivity contribution in [1.82, 2.24) is 25.4 Å². The fourth-order valence-electron chi connectivity index (χ4n) is 2.21. The molecule has 0 bridgehead atoms. The van der Waals surface area contributed by atoms with Crippen LogP contribution in [0, 0.1) is 12.8 Å². The van der Waals surface area contributed by atoms with Crippen LogP contribution in [0.1, 0.15) is 43.4 Å². The number of hydrogen-bond acceptors (Lipinski definition) is 6. The molecule has 0 radical (unpaired) electrons. The molecule has 0 fully saturated rings. The lowest BCUT2D eigenvalue weighted by atomic mass is 10.1. The minimum atomic E-state index is 0.0000741. The Morgan fingerprint density at radius 1 is 1.12 bits per heavy atom. The minimum absolute atomic E-state index is 0.0000741. The van der Waals surface area contributed by atoms with E-state index in [1.54, 1.807) is 0 Å². The molecule has 2 heterocycles.